The first-order valence-electron chi connectivity index (χ1n) is 7.25. The molecule has 2 rings (SSSR count). The average Bonchev–Trinajstić information content (AvgIpc) is 2.53. The van der Waals surface area contributed by atoms with Crippen LogP contribution in [0.2, 0.25) is 0 Å². The van der Waals surface area contributed by atoms with Crippen molar-refractivity contribution < 1.29 is 9.53 Å². The van der Waals surface area contributed by atoms with Gasteiger partial charge in [0, 0.05) is 26.2 Å². The third kappa shape index (κ3) is 4.43. The van der Waals surface area contributed by atoms with Gasteiger partial charge >= 0.3 is 0 Å². The van der Waals surface area contributed by atoms with Gasteiger partial charge in [-0.3, -0.25) is 4.79 Å². The van der Waals surface area contributed by atoms with Gasteiger partial charge in [-0.05, 0) is 18.4 Å². The van der Waals surface area contributed by atoms with Crippen LogP contribution in [0.25, 0.3) is 0 Å². The predicted octanol–water partition coefficient (Wildman–Crippen LogP) is 2.38. The van der Waals surface area contributed by atoms with Crippen LogP contribution >= 0.6 is 12.4 Å². The van der Waals surface area contributed by atoms with Crippen molar-refractivity contribution in [3.8, 4) is 0 Å². The molecule has 0 aliphatic carbocycles. The third-order valence-electron chi connectivity index (χ3n) is 4.20. The molecule has 5 heteroatoms. The lowest BCUT2D eigenvalue weighted by Crippen LogP contribution is -2.45. The minimum Gasteiger partial charge on any atom is -0.381 e. The Morgan fingerprint density at radius 1 is 1.29 bits per heavy atom. The van der Waals surface area contributed by atoms with Gasteiger partial charge in [0.05, 0.1) is 12.0 Å². The summed E-state index contributed by atoms with van der Waals surface area (Å²) in [7, 11) is 1.73. The molecule has 1 fully saturated rings. The van der Waals surface area contributed by atoms with Crippen LogP contribution in [0.15, 0.2) is 30.3 Å². The number of methoxy groups -OCH3 is 1. The zero-order valence-corrected chi connectivity index (χ0v) is 13.5. The van der Waals surface area contributed by atoms with Crippen LogP contribution in [0.1, 0.15) is 31.4 Å². The summed E-state index contributed by atoms with van der Waals surface area (Å²) in [4.78, 5) is 14.4. The van der Waals surface area contributed by atoms with Crippen LogP contribution in [0.4, 0.5) is 0 Å². The van der Waals surface area contributed by atoms with Gasteiger partial charge in [-0.25, -0.2) is 0 Å². The van der Waals surface area contributed by atoms with E-state index in [4.69, 9.17) is 10.5 Å². The van der Waals surface area contributed by atoms with Crippen molar-refractivity contribution in [3.63, 3.8) is 0 Å². The fourth-order valence-electron chi connectivity index (χ4n) is 2.72. The lowest BCUT2D eigenvalue weighted by atomic mass is 9.93. The fourth-order valence-corrected chi connectivity index (χ4v) is 2.72. The molecular formula is C16H25ClN2O2. The van der Waals surface area contributed by atoms with Gasteiger partial charge in [-0.2, -0.15) is 0 Å². The summed E-state index contributed by atoms with van der Waals surface area (Å²) in [5.41, 5.74) is 7.24. The van der Waals surface area contributed by atoms with Crippen LogP contribution in [-0.4, -0.2) is 37.1 Å². The van der Waals surface area contributed by atoms with Gasteiger partial charge in [0.1, 0.15) is 0 Å². The Hall–Kier alpha value is -1.10. The van der Waals surface area contributed by atoms with E-state index in [-0.39, 0.29) is 36.4 Å². The highest BCUT2D eigenvalue weighted by atomic mass is 35.5. The van der Waals surface area contributed by atoms with Crippen molar-refractivity contribution in [1.29, 1.82) is 0 Å². The first-order valence-corrected chi connectivity index (χ1v) is 7.25. The summed E-state index contributed by atoms with van der Waals surface area (Å²) in [6, 6.07) is 9.58. The van der Waals surface area contributed by atoms with E-state index in [2.05, 4.69) is 0 Å². The van der Waals surface area contributed by atoms with E-state index in [1.807, 2.05) is 42.2 Å². The number of halogens is 1. The summed E-state index contributed by atoms with van der Waals surface area (Å²) >= 11 is 0. The Morgan fingerprint density at radius 3 is 2.38 bits per heavy atom. The van der Waals surface area contributed by atoms with Crippen molar-refractivity contribution in [1.82, 2.24) is 4.90 Å². The van der Waals surface area contributed by atoms with E-state index < -0.39 is 0 Å². The quantitative estimate of drug-likeness (QED) is 0.928. The normalized spacial score (nSPS) is 18.7. The molecule has 118 valence electrons. The van der Waals surface area contributed by atoms with Gasteiger partial charge in [-0.1, -0.05) is 37.3 Å². The second-order valence-electron chi connectivity index (χ2n) is 5.49. The number of hydrogen-bond donors (Lipinski definition) is 1. The van der Waals surface area contributed by atoms with Gasteiger partial charge in [-0.15, -0.1) is 12.4 Å². The van der Waals surface area contributed by atoms with Crippen molar-refractivity contribution in [2.75, 3.05) is 20.2 Å². The molecule has 2 N–H and O–H groups in total. The molecule has 2 atom stereocenters. The van der Waals surface area contributed by atoms with Crippen LogP contribution in [0.5, 0.6) is 0 Å². The molecule has 0 radical (unpaired) electrons. The molecular weight excluding hydrogens is 288 g/mol. The summed E-state index contributed by atoms with van der Waals surface area (Å²) < 4.78 is 5.33. The van der Waals surface area contributed by atoms with Crippen LogP contribution < -0.4 is 5.73 Å². The third-order valence-corrected chi connectivity index (χ3v) is 4.20. The Morgan fingerprint density at radius 2 is 1.86 bits per heavy atom. The van der Waals surface area contributed by atoms with Crippen molar-refractivity contribution >= 4 is 18.3 Å². The zero-order valence-electron chi connectivity index (χ0n) is 12.7. The SMILES string of the molecule is COC1CCN(C(=O)C(C)C(N)c2ccccc2)CC1.Cl. The molecule has 1 heterocycles. The highest BCUT2D eigenvalue weighted by Crippen LogP contribution is 2.23. The molecule has 1 saturated heterocycles. The van der Waals surface area contributed by atoms with Gasteiger partial charge in [0.2, 0.25) is 5.91 Å². The van der Waals surface area contributed by atoms with Gasteiger partial charge in [0.25, 0.3) is 0 Å². The maximum absolute atomic E-state index is 12.5. The number of carbonyl (C=O) groups is 1. The number of ether oxygens (including phenoxy) is 1. The number of carbonyl (C=O) groups excluding carboxylic acids is 1. The largest absolute Gasteiger partial charge is 0.381 e. The van der Waals surface area contributed by atoms with E-state index in [1.165, 1.54) is 0 Å². The lowest BCUT2D eigenvalue weighted by molar-refractivity contribution is -0.138. The molecule has 0 saturated carbocycles. The molecule has 0 bridgehead atoms. The molecule has 2 unspecified atom stereocenters. The predicted molar refractivity (Wildman–Crippen MR) is 86.4 cm³/mol. The second-order valence-corrected chi connectivity index (χ2v) is 5.49. The number of benzene rings is 1. The molecule has 0 spiro atoms. The van der Waals surface area contributed by atoms with Crippen molar-refractivity contribution in [3.05, 3.63) is 35.9 Å². The lowest BCUT2D eigenvalue weighted by Gasteiger charge is -2.34. The first kappa shape index (κ1) is 18.0. The summed E-state index contributed by atoms with van der Waals surface area (Å²) in [5, 5.41) is 0. The van der Waals surface area contributed by atoms with Crippen molar-refractivity contribution in [2.24, 2.45) is 11.7 Å². The molecule has 0 aromatic heterocycles. The Kier molecular flexibility index (Phi) is 7.15. The van der Waals surface area contributed by atoms with Gasteiger partial charge in [0.15, 0.2) is 0 Å². The molecule has 1 aliphatic rings. The highest BCUT2D eigenvalue weighted by Gasteiger charge is 2.29. The molecule has 1 aromatic rings. The number of rotatable bonds is 4. The van der Waals surface area contributed by atoms with E-state index in [0.717, 1.165) is 31.5 Å². The zero-order chi connectivity index (χ0) is 14.5. The number of hydrogen-bond acceptors (Lipinski definition) is 3. The Balaban J connectivity index is 0.00000220. The smallest absolute Gasteiger partial charge is 0.227 e. The number of amides is 1. The second kappa shape index (κ2) is 8.37. The standard InChI is InChI=1S/C16H24N2O2.ClH/c1-12(15(17)13-6-4-3-5-7-13)16(19)18-10-8-14(20-2)9-11-18;/h3-7,12,14-15H,8-11,17H2,1-2H3;1H. The maximum atomic E-state index is 12.5. The van der Waals surface area contributed by atoms with E-state index >= 15 is 0 Å². The molecule has 4 nitrogen and oxygen atoms in total. The van der Waals surface area contributed by atoms with E-state index in [1.54, 1.807) is 7.11 Å². The first-order chi connectivity index (χ1) is 9.63. The fraction of sp³-hybridized carbons (Fsp3) is 0.562. The Bertz CT molecular complexity index is 433. The number of likely N-dealkylation sites (tertiary alicyclic amines) is 1. The molecule has 1 amide bonds. The minimum absolute atomic E-state index is 0. The molecule has 21 heavy (non-hydrogen) atoms. The molecule has 1 aromatic carbocycles. The van der Waals surface area contributed by atoms with E-state index in [9.17, 15) is 4.79 Å². The van der Waals surface area contributed by atoms with Gasteiger partial charge < -0.3 is 15.4 Å². The van der Waals surface area contributed by atoms with Crippen LogP contribution in [0, 0.1) is 5.92 Å². The van der Waals surface area contributed by atoms with Crippen LogP contribution in [-0.2, 0) is 9.53 Å². The Labute approximate surface area is 133 Å². The number of piperidine rings is 1. The molecule has 1 aliphatic heterocycles. The minimum atomic E-state index is -0.246. The average molecular weight is 313 g/mol. The highest BCUT2D eigenvalue weighted by molar-refractivity contribution is 5.85. The van der Waals surface area contributed by atoms with E-state index in [0.29, 0.717) is 0 Å². The summed E-state index contributed by atoms with van der Waals surface area (Å²) in [6.07, 6.45) is 2.11. The monoisotopic (exact) mass is 312 g/mol. The summed E-state index contributed by atoms with van der Waals surface area (Å²) in [6.45, 7) is 3.45. The maximum Gasteiger partial charge on any atom is 0.227 e. The topological polar surface area (TPSA) is 55.6 Å². The van der Waals surface area contributed by atoms with Crippen molar-refractivity contribution in [2.45, 2.75) is 31.9 Å². The number of nitrogens with two attached hydrogens (primary N) is 1. The summed E-state index contributed by atoms with van der Waals surface area (Å²) in [5.74, 6) is -0.0487. The number of nitrogens with zero attached hydrogens (tertiary/aromatic N) is 1. The van der Waals surface area contributed by atoms with Crippen LogP contribution in [0.3, 0.4) is 0 Å².